The fourth-order valence-electron chi connectivity index (χ4n) is 1.56. The van der Waals surface area contributed by atoms with Crippen LogP contribution >= 0.6 is 22.9 Å². The van der Waals surface area contributed by atoms with Gasteiger partial charge in [0.2, 0.25) is 0 Å². The van der Waals surface area contributed by atoms with E-state index in [1.807, 2.05) is 6.07 Å². The van der Waals surface area contributed by atoms with Crippen molar-refractivity contribution in [1.82, 2.24) is 10.6 Å². The highest BCUT2D eigenvalue weighted by molar-refractivity contribution is 7.16. The van der Waals surface area contributed by atoms with Crippen LogP contribution in [0.15, 0.2) is 12.1 Å². The van der Waals surface area contributed by atoms with Crippen molar-refractivity contribution in [2.45, 2.75) is 12.5 Å². The summed E-state index contributed by atoms with van der Waals surface area (Å²) in [5, 5.41) is 6.85. The smallest absolute Gasteiger partial charge is 0.0931 e. The number of piperazine rings is 1. The highest BCUT2D eigenvalue weighted by atomic mass is 35.5. The van der Waals surface area contributed by atoms with Crippen LogP contribution in [0.5, 0.6) is 0 Å². The van der Waals surface area contributed by atoms with Crippen molar-refractivity contribution in [3.05, 3.63) is 21.3 Å². The normalized spacial score (nSPS) is 23.3. The summed E-state index contributed by atoms with van der Waals surface area (Å²) < 4.78 is 0.888. The Bertz CT molecular complexity index is 268. The van der Waals surface area contributed by atoms with Crippen molar-refractivity contribution in [3.63, 3.8) is 0 Å². The molecule has 2 nitrogen and oxygen atoms in total. The topological polar surface area (TPSA) is 24.1 Å². The summed E-state index contributed by atoms with van der Waals surface area (Å²) in [5.74, 6) is 0. The maximum Gasteiger partial charge on any atom is 0.0931 e. The Morgan fingerprint density at radius 2 is 2.38 bits per heavy atom. The number of halogens is 1. The van der Waals surface area contributed by atoms with Crippen LogP contribution in [-0.4, -0.2) is 25.7 Å². The lowest BCUT2D eigenvalue weighted by Gasteiger charge is -2.23. The lowest BCUT2D eigenvalue weighted by atomic mass is 10.1. The van der Waals surface area contributed by atoms with E-state index in [9.17, 15) is 0 Å². The average Bonchev–Trinajstić information content (AvgIpc) is 2.53. The summed E-state index contributed by atoms with van der Waals surface area (Å²) in [5.41, 5.74) is 0. The van der Waals surface area contributed by atoms with Crippen LogP contribution in [0.2, 0.25) is 4.34 Å². The molecule has 1 aliphatic heterocycles. The molecule has 72 valence electrons. The van der Waals surface area contributed by atoms with Gasteiger partial charge in [-0.3, -0.25) is 0 Å². The van der Waals surface area contributed by atoms with Crippen LogP contribution in [0.1, 0.15) is 4.88 Å². The van der Waals surface area contributed by atoms with E-state index < -0.39 is 0 Å². The maximum absolute atomic E-state index is 5.86. The van der Waals surface area contributed by atoms with E-state index in [4.69, 9.17) is 11.6 Å². The third kappa shape index (κ3) is 2.68. The number of thiophene rings is 1. The molecule has 0 aromatic carbocycles. The van der Waals surface area contributed by atoms with Gasteiger partial charge in [0.25, 0.3) is 0 Å². The van der Waals surface area contributed by atoms with Crippen LogP contribution in [0.25, 0.3) is 0 Å². The number of nitrogens with one attached hydrogen (secondary N) is 2. The fourth-order valence-corrected chi connectivity index (χ4v) is 2.73. The molecule has 0 spiro atoms. The second-order valence-corrected chi connectivity index (χ2v) is 5.06. The molecular formula is C9H13ClN2S. The SMILES string of the molecule is Clc1ccc(C[C@@H]2CNCCN2)s1. The van der Waals surface area contributed by atoms with Gasteiger partial charge < -0.3 is 10.6 Å². The Morgan fingerprint density at radius 1 is 1.46 bits per heavy atom. The Labute approximate surface area is 87.3 Å². The summed E-state index contributed by atoms with van der Waals surface area (Å²) in [6, 6.07) is 4.66. The summed E-state index contributed by atoms with van der Waals surface area (Å²) in [6.07, 6.45) is 1.09. The fraction of sp³-hybridized carbons (Fsp3) is 0.556. The zero-order chi connectivity index (χ0) is 9.10. The van der Waals surface area contributed by atoms with Crippen molar-refractivity contribution in [2.75, 3.05) is 19.6 Å². The predicted octanol–water partition coefficient (Wildman–Crippen LogP) is 1.51. The second kappa shape index (κ2) is 4.42. The highest BCUT2D eigenvalue weighted by Crippen LogP contribution is 2.22. The molecule has 2 heterocycles. The van der Waals surface area contributed by atoms with Crippen molar-refractivity contribution < 1.29 is 0 Å². The Balaban J connectivity index is 1.89. The Hall–Kier alpha value is -0.0900. The van der Waals surface area contributed by atoms with E-state index in [0.29, 0.717) is 6.04 Å². The van der Waals surface area contributed by atoms with Crippen molar-refractivity contribution in [3.8, 4) is 0 Å². The summed E-state index contributed by atoms with van der Waals surface area (Å²) in [4.78, 5) is 1.37. The van der Waals surface area contributed by atoms with Crippen molar-refractivity contribution >= 4 is 22.9 Å². The van der Waals surface area contributed by atoms with E-state index >= 15 is 0 Å². The third-order valence-electron chi connectivity index (χ3n) is 2.20. The molecule has 0 unspecified atom stereocenters. The molecule has 2 N–H and O–H groups in total. The molecule has 0 saturated carbocycles. The Kier molecular flexibility index (Phi) is 3.22. The summed E-state index contributed by atoms with van der Waals surface area (Å²) in [6.45, 7) is 3.22. The zero-order valence-corrected chi connectivity index (χ0v) is 8.92. The average molecular weight is 217 g/mol. The first kappa shape index (κ1) is 9.46. The molecule has 0 amide bonds. The molecule has 13 heavy (non-hydrogen) atoms. The first-order valence-corrected chi connectivity index (χ1v) is 5.72. The van der Waals surface area contributed by atoms with E-state index in [0.717, 1.165) is 30.4 Å². The van der Waals surface area contributed by atoms with Gasteiger partial charge >= 0.3 is 0 Å². The molecule has 0 radical (unpaired) electrons. The van der Waals surface area contributed by atoms with Crippen LogP contribution in [0, 0.1) is 0 Å². The molecule has 1 aliphatic rings. The summed E-state index contributed by atoms with van der Waals surface area (Å²) in [7, 11) is 0. The van der Waals surface area contributed by atoms with Crippen LogP contribution in [0.3, 0.4) is 0 Å². The van der Waals surface area contributed by atoms with E-state index in [2.05, 4.69) is 16.7 Å². The minimum atomic E-state index is 0.573. The van der Waals surface area contributed by atoms with Crippen molar-refractivity contribution in [1.29, 1.82) is 0 Å². The largest absolute Gasteiger partial charge is 0.314 e. The van der Waals surface area contributed by atoms with E-state index in [-0.39, 0.29) is 0 Å². The minimum Gasteiger partial charge on any atom is -0.314 e. The zero-order valence-electron chi connectivity index (χ0n) is 7.35. The first-order chi connectivity index (χ1) is 6.34. The number of rotatable bonds is 2. The molecule has 2 rings (SSSR count). The van der Waals surface area contributed by atoms with Crippen molar-refractivity contribution in [2.24, 2.45) is 0 Å². The number of hydrogen-bond donors (Lipinski definition) is 2. The first-order valence-electron chi connectivity index (χ1n) is 4.53. The minimum absolute atomic E-state index is 0.573. The molecule has 1 saturated heterocycles. The molecule has 1 atom stereocenters. The standard InChI is InChI=1S/C9H13ClN2S/c10-9-2-1-8(13-9)5-7-6-11-3-4-12-7/h1-2,7,11-12H,3-6H2/t7-/m1/s1. The van der Waals surface area contributed by atoms with Gasteiger partial charge in [0.05, 0.1) is 4.34 Å². The van der Waals surface area contributed by atoms with Gasteiger partial charge in [-0.15, -0.1) is 11.3 Å². The van der Waals surface area contributed by atoms with E-state index in [1.165, 1.54) is 4.88 Å². The van der Waals surface area contributed by atoms with Gasteiger partial charge in [0.1, 0.15) is 0 Å². The van der Waals surface area contributed by atoms with Gasteiger partial charge in [0.15, 0.2) is 0 Å². The van der Waals surface area contributed by atoms with Gasteiger partial charge in [-0.1, -0.05) is 11.6 Å². The van der Waals surface area contributed by atoms with E-state index in [1.54, 1.807) is 11.3 Å². The Morgan fingerprint density at radius 3 is 3.00 bits per heavy atom. The second-order valence-electron chi connectivity index (χ2n) is 3.27. The number of hydrogen-bond acceptors (Lipinski definition) is 3. The van der Waals surface area contributed by atoms with Gasteiger partial charge in [-0.25, -0.2) is 0 Å². The van der Waals surface area contributed by atoms with Gasteiger partial charge in [0, 0.05) is 30.6 Å². The molecule has 0 aliphatic carbocycles. The van der Waals surface area contributed by atoms with Gasteiger partial charge in [-0.05, 0) is 18.6 Å². The molecule has 1 aromatic rings. The predicted molar refractivity (Wildman–Crippen MR) is 57.7 cm³/mol. The maximum atomic E-state index is 5.86. The quantitative estimate of drug-likeness (QED) is 0.783. The molecule has 1 fully saturated rings. The lowest BCUT2D eigenvalue weighted by molar-refractivity contribution is 0.418. The van der Waals surface area contributed by atoms with Crippen LogP contribution < -0.4 is 10.6 Å². The van der Waals surface area contributed by atoms with Gasteiger partial charge in [-0.2, -0.15) is 0 Å². The third-order valence-corrected chi connectivity index (χ3v) is 3.46. The van der Waals surface area contributed by atoms with Crippen LogP contribution in [-0.2, 0) is 6.42 Å². The lowest BCUT2D eigenvalue weighted by Crippen LogP contribution is -2.49. The molecule has 1 aromatic heterocycles. The summed E-state index contributed by atoms with van der Waals surface area (Å²) >= 11 is 7.54. The monoisotopic (exact) mass is 216 g/mol. The molecular weight excluding hydrogens is 204 g/mol. The molecule has 4 heteroatoms. The molecule has 0 bridgehead atoms. The van der Waals surface area contributed by atoms with Crippen LogP contribution in [0.4, 0.5) is 0 Å². The highest BCUT2D eigenvalue weighted by Gasteiger charge is 2.13.